The van der Waals surface area contributed by atoms with Crippen LogP contribution in [0.4, 0.5) is 24.8 Å². The average molecular weight is 399 g/mol. The van der Waals surface area contributed by atoms with E-state index in [0.717, 1.165) is 43.9 Å². The van der Waals surface area contributed by atoms with Crippen LogP contribution in [0.5, 0.6) is 0 Å². The summed E-state index contributed by atoms with van der Waals surface area (Å²) in [5.74, 6) is -0.338. The van der Waals surface area contributed by atoms with Crippen molar-refractivity contribution >= 4 is 29.1 Å². The molecule has 0 unspecified atom stereocenters. The fourth-order valence-corrected chi connectivity index (χ4v) is 3.13. The van der Waals surface area contributed by atoms with E-state index in [1.807, 2.05) is 0 Å². The molecule has 144 valence electrons. The van der Waals surface area contributed by atoms with Crippen LogP contribution in [0, 0.1) is 0 Å². The number of alkyl halides is 3. The van der Waals surface area contributed by atoms with Crippen LogP contribution in [0.15, 0.2) is 30.5 Å². The van der Waals surface area contributed by atoms with Crippen LogP contribution >= 0.6 is 11.6 Å². The van der Waals surface area contributed by atoms with Crippen LogP contribution in [0.25, 0.3) is 0 Å². The summed E-state index contributed by atoms with van der Waals surface area (Å²) in [7, 11) is 0. The van der Waals surface area contributed by atoms with Crippen LogP contribution in [0.3, 0.4) is 0 Å². The average Bonchev–Trinajstić information content (AvgIpc) is 2.63. The highest BCUT2D eigenvalue weighted by Crippen LogP contribution is 2.34. The van der Waals surface area contributed by atoms with Crippen molar-refractivity contribution in [2.45, 2.75) is 44.3 Å². The summed E-state index contributed by atoms with van der Waals surface area (Å²) >= 11 is 5.91. The Hall–Kier alpha value is -2.35. The molecule has 1 aliphatic carbocycles. The first-order valence-corrected chi connectivity index (χ1v) is 8.98. The van der Waals surface area contributed by atoms with E-state index in [9.17, 15) is 18.0 Å². The lowest BCUT2D eigenvalue weighted by Gasteiger charge is -2.22. The maximum Gasteiger partial charge on any atom is 0.416 e. The zero-order valence-corrected chi connectivity index (χ0v) is 15.1. The van der Waals surface area contributed by atoms with Gasteiger partial charge in [0, 0.05) is 12.2 Å². The summed E-state index contributed by atoms with van der Waals surface area (Å²) in [6, 6.07) is 4.39. The number of aromatic nitrogens is 2. The number of hydrogen-bond acceptors (Lipinski definition) is 4. The molecule has 0 aliphatic heterocycles. The van der Waals surface area contributed by atoms with Crippen molar-refractivity contribution < 1.29 is 18.0 Å². The van der Waals surface area contributed by atoms with Gasteiger partial charge in [-0.15, -0.1) is 0 Å². The van der Waals surface area contributed by atoms with E-state index in [0.29, 0.717) is 5.95 Å². The molecule has 2 N–H and O–H groups in total. The number of nitrogens with one attached hydrogen (secondary N) is 2. The molecule has 9 heteroatoms. The number of halogens is 4. The van der Waals surface area contributed by atoms with Crippen molar-refractivity contribution in [3.05, 3.63) is 46.7 Å². The molecule has 0 atom stereocenters. The van der Waals surface area contributed by atoms with Gasteiger partial charge in [-0.3, -0.25) is 4.79 Å². The maximum absolute atomic E-state index is 12.9. The Labute approximate surface area is 159 Å². The number of nitrogens with zero attached hydrogens (tertiary/aromatic N) is 2. The fourth-order valence-electron chi connectivity index (χ4n) is 2.97. The predicted octanol–water partition coefficient (Wildman–Crippen LogP) is 5.15. The van der Waals surface area contributed by atoms with Gasteiger partial charge in [-0.2, -0.15) is 13.2 Å². The van der Waals surface area contributed by atoms with Crippen LogP contribution in [-0.2, 0) is 6.18 Å². The maximum atomic E-state index is 12.9. The van der Waals surface area contributed by atoms with Gasteiger partial charge in [-0.25, -0.2) is 9.97 Å². The number of hydrogen-bond donors (Lipinski definition) is 2. The summed E-state index contributed by atoms with van der Waals surface area (Å²) in [5.41, 5.74) is -0.988. The van der Waals surface area contributed by atoms with Gasteiger partial charge in [0.05, 0.1) is 16.3 Å². The van der Waals surface area contributed by atoms with Crippen LogP contribution in [0.1, 0.15) is 48.2 Å². The molecule has 0 spiro atoms. The number of anilines is 2. The van der Waals surface area contributed by atoms with Crippen molar-refractivity contribution in [1.29, 1.82) is 0 Å². The SMILES string of the molecule is O=C(Nc1cc(C(F)(F)F)ccc1Cl)c1ccnc(NC2CCCCC2)n1. The Morgan fingerprint density at radius 2 is 1.89 bits per heavy atom. The summed E-state index contributed by atoms with van der Waals surface area (Å²) in [5, 5.41) is 5.59. The number of carbonyl (C=O) groups excluding carboxylic acids is 1. The van der Waals surface area contributed by atoms with Gasteiger partial charge in [0.1, 0.15) is 5.69 Å². The molecule has 1 aromatic carbocycles. The van der Waals surface area contributed by atoms with Gasteiger partial charge in [0.15, 0.2) is 0 Å². The Balaban J connectivity index is 1.74. The monoisotopic (exact) mass is 398 g/mol. The molecule has 1 saturated carbocycles. The second-order valence-corrected chi connectivity index (χ2v) is 6.80. The normalized spacial score (nSPS) is 15.4. The molecule has 1 amide bonds. The highest BCUT2D eigenvalue weighted by atomic mass is 35.5. The molecular formula is C18H18ClF3N4O. The molecular weight excluding hydrogens is 381 g/mol. The summed E-state index contributed by atoms with van der Waals surface area (Å²) in [4.78, 5) is 20.7. The van der Waals surface area contributed by atoms with Gasteiger partial charge in [0.2, 0.25) is 5.95 Å². The minimum Gasteiger partial charge on any atom is -0.351 e. The van der Waals surface area contributed by atoms with E-state index >= 15 is 0 Å². The lowest BCUT2D eigenvalue weighted by molar-refractivity contribution is -0.137. The minimum atomic E-state index is -4.53. The first-order chi connectivity index (χ1) is 12.8. The molecule has 2 aromatic rings. The van der Waals surface area contributed by atoms with Crippen molar-refractivity contribution in [2.24, 2.45) is 0 Å². The second kappa shape index (κ2) is 8.12. The minimum absolute atomic E-state index is 0.00552. The van der Waals surface area contributed by atoms with Gasteiger partial charge >= 0.3 is 6.18 Å². The van der Waals surface area contributed by atoms with Crippen LogP contribution < -0.4 is 10.6 Å². The third-order valence-corrected chi connectivity index (χ3v) is 4.70. The summed E-state index contributed by atoms with van der Waals surface area (Å²) < 4.78 is 38.6. The topological polar surface area (TPSA) is 66.9 Å². The zero-order chi connectivity index (χ0) is 19.4. The number of benzene rings is 1. The number of carbonyl (C=O) groups is 1. The Morgan fingerprint density at radius 1 is 1.15 bits per heavy atom. The third-order valence-electron chi connectivity index (χ3n) is 4.37. The Kier molecular flexibility index (Phi) is 5.84. The van der Waals surface area contributed by atoms with E-state index in [1.165, 1.54) is 18.7 Å². The molecule has 1 fully saturated rings. The molecule has 0 saturated heterocycles. The Bertz CT molecular complexity index is 822. The van der Waals surface area contributed by atoms with Crippen LogP contribution in [-0.4, -0.2) is 21.9 Å². The highest BCUT2D eigenvalue weighted by molar-refractivity contribution is 6.33. The molecule has 1 aliphatic rings. The molecule has 27 heavy (non-hydrogen) atoms. The molecule has 0 radical (unpaired) electrons. The van der Waals surface area contributed by atoms with E-state index in [4.69, 9.17) is 11.6 Å². The standard InChI is InChI=1S/C18H18ClF3N4O/c19-13-7-6-11(18(20,21)22)10-15(13)25-16(27)14-8-9-23-17(26-14)24-12-4-2-1-3-5-12/h6-10,12H,1-5H2,(H,25,27)(H,23,24,26). The van der Waals surface area contributed by atoms with Gasteiger partial charge < -0.3 is 10.6 Å². The first kappa shape index (κ1) is 19.4. The molecule has 0 bridgehead atoms. The largest absolute Gasteiger partial charge is 0.416 e. The Morgan fingerprint density at radius 3 is 2.59 bits per heavy atom. The molecule has 1 aromatic heterocycles. The van der Waals surface area contributed by atoms with Crippen molar-refractivity contribution in [2.75, 3.05) is 10.6 Å². The molecule has 3 rings (SSSR count). The van der Waals surface area contributed by atoms with Gasteiger partial charge in [-0.1, -0.05) is 30.9 Å². The highest BCUT2D eigenvalue weighted by Gasteiger charge is 2.31. The van der Waals surface area contributed by atoms with Crippen molar-refractivity contribution in [3.8, 4) is 0 Å². The lowest BCUT2D eigenvalue weighted by atomic mass is 9.96. The quantitative estimate of drug-likeness (QED) is 0.747. The molecule has 5 nitrogen and oxygen atoms in total. The summed E-state index contributed by atoms with van der Waals surface area (Å²) in [6.45, 7) is 0. The smallest absolute Gasteiger partial charge is 0.351 e. The van der Waals surface area contributed by atoms with Crippen molar-refractivity contribution in [1.82, 2.24) is 9.97 Å². The van der Waals surface area contributed by atoms with Gasteiger partial charge in [-0.05, 0) is 37.1 Å². The van der Waals surface area contributed by atoms with E-state index in [-0.39, 0.29) is 22.4 Å². The first-order valence-electron chi connectivity index (χ1n) is 8.60. The number of amides is 1. The van der Waals surface area contributed by atoms with E-state index in [1.54, 1.807) is 0 Å². The van der Waals surface area contributed by atoms with E-state index < -0.39 is 17.6 Å². The lowest BCUT2D eigenvalue weighted by Crippen LogP contribution is -2.24. The van der Waals surface area contributed by atoms with Gasteiger partial charge in [0.25, 0.3) is 5.91 Å². The predicted molar refractivity (Wildman–Crippen MR) is 96.9 cm³/mol. The summed E-state index contributed by atoms with van der Waals surface area (Å²) in [6.07, 6.45) is 2.40. The van der Waals surface area contributed by atoms with E-state index in [2.05, 4.69) is 20.6 Å². The van der Waals surface area contributed by atoms with Crippen LogP contribution in [0.2, 0.25) is 5.02 Å². The second-order valence-electron chi connectivity index (χ2n) is 6.39. The number of rotatable bonds is 4. The fraction of sp³-hybridized carbons (Fsp3) is 0.389. The molecule has 1 heterocycles. The third kappa shape index (κ3) is 5.09. The zero-order valence-electron chi connectivity index (χ0n) is 14.3. The van der Waals surface area contributed by atoms with Crippen molar-refractivity contribution in [3.63, 3.8) is 0 Å².